The van der Waals surface area contributed by atoms with Gasteiger partial charge in [-0.1, -0.05) is 59.2 Å². The highest BCUT2D eigenvalue weighted by Crippen LogP contribution is 2.20. The molecule has 7 heteroatoms. The summed E-state index contributed by atoms with van der Waals surface area (Å²) in [5.74, 6) is -0.127. The normalized spacial score (nSPS) is 18.8. The van der Waals surface area contributed by atoms with Crippen LogP contribution in [0, 0.1) is 11.3 Å². The molecule has 0 saturated carbocycles. The molecule has 1 aliphatic heterocycles. The highest BCUT2D eigenvalue weighted by atomic mass is 16.2. The second kappa shape index (κ2) is 10.6. The maximum atomic E-state index is 13.3. The molecule has 1 fully saturated rings. The zero-order valence-electron chi connectivity index (χ0n) is 19.8. The summed E-state index contributed by atoms with van der Waals surface area (Å²) in [4.78, 5) is 42.0. The lowest BCUT2D eigenvalue weighted by molar-refractivity contribution is -0.140. The van der Waals surface area contributed by atoms with E-state index in [4.69, 9.17) is 0 Å². The van der Waals surface area contributed by atoms with E-state index in [1.807, 2.05) is 71.9 Å². The van der Waals surface area contributed by atoms with Gasteiger partial charge in [-0.3, -0.25) is 9.59 Å². The Bertz CT molecular complexity index is 760. The van der Waals surface area contributed by atoms with Crippen LogP contribution in [0.15, 0.2) is 30.3 Å². The number of nitrogens with one attached hydrogen (secondary N) is 2. The minimum Gasteiger partial charge on any atom is -0.344 e. The molecular formula is C24H38N4O3. The van der Waals surface area contributed by atoms with Crippen LogP contribution in [0.4, 0.5) is 10.5 Å². The lowest BCUT2D eigenvalue weighted by atomic mass is 9.91. The molecular weight excluding hydrogens is 392 g/mol. The molecule has 0 aliphatic carbocycles. The van der Waals surface area contributed by atoms with Crippen molar-refractivity contribution >= 4 is 23.5 Å². The summed E-state index contributed by atoms with van der Waals surface area (Å²) in [5, 5.41) is 5.89. The highest BCUT2D eigenvalue weighted by molar-refractivity contribution is 5.90. The van der Waals surface area contributed by atoms with Crippen molar-refractivity contribution in [3.63, 3.8) is 0 Å². The van der Waals surface area contributed by atoms with Gasteiger partial charge in [0.1, 0.15) is 6.04 Å². The average Bonchev–Trinajstić information content (AvgIpc) is 2.70. The monoisotopic (exact) mass is 430 g/mol. The molecule has 3 unspecified atom stereocenters. The second-order valence-corrected chi connectivity index (χ2v) is 9.79. The first-order valence-corrected chi connectivity index (χ1v) is 11.2. The van der Waals surface area contributed by atoms with E-state index in [2.05, 4.69) is 10.6 Å². The van der Waals surface area contributed by atoms with Gasteiger partial charge in [0.25, 0.3) is 0 Å². The van der Waals surface area contributed by atoms with E-state index in [0.717, 1.165) is 12.1 Å². The molecule has 1 aromatic rings. The Morgan fingerprint density at radius 1 is 1.13 bits per heavy atom. The van der Waals surface area contributed by atoms with E-state index in [-0.39, 0.29) is 35.2 Å². The Morgan fingerprint density at radius 3 is 2.32 bits per heavy atom. The summed E-state index contributed by atoms with van der Waals surface area (Å²) in [5.41, 5.74) is 0.607. The van der Waals surface area contributed by atoms with Crippen molar-refractivity contribution in [2.45, 2.75) is 66.5 Å². The summed E-state index contributed by atoms with van der Waals surface area (Å²) in [7, 11) is 0. The van der Waals surface area contributed by atoms with Crippen LogP contribution in [0.1, 0.15) is 54.4 Å². The maximum Gasteiger partial charge on any atom is 0.322 e. The van der Waals surface area contributed by atoms with Crippen LogP contribution < -0.4 is 10.6 Å². The average molecular weight is 431 g/mol. The van der Waals surface area contributed by atoms with E-state index >= 15 is 0 Å². The molecule has 2 rings (SSSR count). The van der Waals surface area contributed by atoms with Gasteiger partial charge in [-0.05, 0) is 30.4 Å². The van der Waals surface area contributed by atoms with Gasteiger partial charge in [0.05, 0.1) is 0 Å². The van der Waals surface area contributed by atoms with E-state index in [0.29, 0.717) is 26.1 Å². The first-order valence-electron chi connectivity index (χ1n) is 11.2. The van der Waals surface area contributed by atoms with Gasteiger partial charge in [-0.2, -0.15) is 0 Å². The predicted molar refractivity (Wildman–Crippen MR) is 124 cm³/mol. The summed E-state index contributed by atoms with van der Waals surface area (Å²) in [6, 6.07) is 8.51. The van der Waals surface area contributed by atoms with Crippen molar-refractivity contribution in [2.75, 3.05) is 25.0 Å². The number of carbonyl (C=O) groups excluding carboxylic acids is 3. The van der Waals surface area contributed by atoms with Crippen LogP contribution in [-0.4, -0.2) is 59.4 Å². The molecule has 0 radical (unpaired) electrons. The Kier molecular flexibility index (Phi) is 8.48. The third kappa shape index (κ3) is 7.26. The molecule has 4 amide bonds. The molecule has 1 heterocycles. The van der Waals surface area contributed by atoms with Crippen molar-refractivity contribution in [3.8, 4) is 0 Å². The van der Waals surface area contributed by atoms with E-state index in [1.54, 1.807) is 9.80 Å². The lowest BCUT2D eigenvalue weighted by Crippen LogP contribution is -2.60. The Balaban J connectivity index is 2.00. The zero-order chi connectivity index (χ0) is 23.2. The quantitative estimate of drug-likeness (QED) is 0.722. The fourth-order valence-corrected chi connectivity index (χ4v) is 3.76. The lowest BCUT2D eigenvalue weighted by Gasteiger charge is -2.41. The first kappa shape index (κ1) is 24.7. The molecule has 0 spiro atoms. The van der Waals surface area contributed by atoms with Gasteiger partial charge >= 0.3 is 6.03 Å². The van der Waals surface area contributed by atoms with Crippen molar-refractivity contribution in [1.29, 1.82) is 0 Å². The predicted octanol–water partition coefficient (Wildman–Crippen LogP) is 3.72. The number of urea groups is 1. The summed E-state index contributed by atoms with van der Waals surface area (Å²) in [6.45, 7) is 13.3. The first-order chi connectivity index (χ1) is 14.5. The molecule has 31 heavy (non-hydrogen) atoms. The number of nitrogens with zero attached hydrogens (tertiary/aromatic N) is 2. The largest absolute Gasteiger partial charge is 0.344 e. The fraction of sp³-hybridized carbons (Fsp3) is 0.625. The third-order valence-corrected chi connectivity index (χ3v) is 5.71. The van der Waals surface area contributed by atoms with Crippen LogP contribution in [0.5, 0.6) is 0 Å². The van der Waals surface area contributed by atoms with Crippen LogP contribution in [0.25, 0.3) is 0 Å². The number of para-hydroxylation sites is 1. The number of piperazine rings is 1. The van der Waals surface area contributed by atoms with Gasteiger partial charge in [-0.15, -0.1) is 0 Å². The number of carbonyl (C=O) groups is 3. The third-order valence-electron chi connectivity index (χ3n) is 5.71. The summed E-state index contributed by atoms with van der Waals surface area (Å²) >= 11 is 0. The van der Waals surface area contributed by atoms with Crippen molar-refractivity contribution in [3.05, 3.63) is 30.3 Å². The number of hydrogen-bond acceptors (Lipinski definition) is 3. The molecule has 1 saturated heterocycles. The molecule has 3 atom stereocenters. The molecule has 7 nitrogen and oxygen atoms in total. The van der Waals surface area contributed by atoms with Gasteiger partial charge in [0.2, 0.25) is 11.8 Å². The molecule has 1 aliphatic rings. The number of benzene rings is 1. The molecule has 0 aromatic heterocycles. The Morgan fingerprint density at radius 2 is 1.77 bits per heavy atom. The van der Waals surface area contributed by atoms with E-state index < -0.39 is 6.04 Å². The van der Waals surface area contributed by atoms with Gasteiger partial charge < -0.3 is 20.4 Å². The van der Waals surface area contributed by atoms with Crippen LogP contribution in [0.3, 0.4) is 0 Å². The van der Waals surface area contributed by atoms with Crippen molar-refractivity contribution in [2.24, 2.45) is 11.3 Å². The Labute approximate surface area is 186 Å². The standard InChI is InChI=1S/C24H38N4O3/c1-7-17(2)21(26-20(29)15-24(4,5)6)22(30)27-13-14-28(18(3)16-27)23(31)25-19-11-9-8-10-12-19/h8-12,17-18,21H,7,13-16H2,1-6H3,(H,25,31)(H,26,29). The van der Waals surface area contributed by atoms with Crippen LogP contribution in [0.2, 0.25) is 0 Å². The number of hydrogen-bond donors (Lipinski definition) is 2. The van der Waals surface area contributed by atoms with Crippen LogP contribution in [-0.2, 0) is 9.59 Å². The fourth-order valence-electron chi connectivity index (χ4n) is 3.76. The second-order valence-electron chi connectivity index (χ2n) is 9.79. The Hall–Kier alpha value is -2.57. The zero-order valence-corrected chi connectivity index (χ0v) is 19.8. The van der Waals surface area contributed by atoms with Crippen molar-refractivity contribution < 1.29 is 14.4 Å². The van der Waals surface area contributed by atoms with Crippen molar-refractivity contribution in [1.82, 2.24) is 15.1 Å². The van der Waals surface area contributed by atoms with Gasteiger partial charge in [0, 0.05) is 37.8 Å². The topological polar surface area (TPSA) is 81.8 Å². The van der Waals surface area contributed by atoms with Gasteiger partial charge in [-0.25, -0.2) is 4.79 Å². The maximum absolute atomic E-state index is 13.3. The minimum atomic E-state index is -0.545. The van der Waals surface area contributed by atoms with E-state index in [9.17, 15) is 14.4 Å². The summed E-state index contributed by atoms with van der Waals surface area (Å²) < 4.78 is 0. The minimum absolute atomic E-state index is 0.0335. The van der Waals surface area contributed by atoms with Gasteiger partial charge in [0.15, 0.2) is 0 Å². The molecule has 0 bridgehead atoms. The highest BCUT2D eigenvalue weighted by Gasteiger charge is 2.35. The molecule has 1 aromatic carbocycles. The molecule has 172 valence electrons. The smallest absolute Gasteiger partial charge is 0.322 e. The van der Waals surface area contributed by atoms with E-state index in [1.165, 1.54) is 0 Å². The summed E-state index contributed by atoms with van der Waals surface area (Å²) in [6.07, 6.45) is 1.16. The number of anilines is 1. The SMILES string of the molecule is CCC(C)C(NC(=O)CC(C)(C)C)C(=O)N1CCN(C(=O)Nc2ccccc2)C(C)C1. The number of amides is 4. The number of rotatable bonds is 6. The van der Waals surface area contributed by atoms with Crippen LogP contribution >= 0.6 is 0 Å². The molecule has 2 N–H and O–H groups in total.